The first kappa shape index (κ1) is 14.5. The maximum atomic E-state index is 5.80. The number of hydrazine groups is 1. The van der Waals surface area contributed by atoms with E-state index in [0.717, 1.165) is 16.9 Å². The van der Waals surface area contributed by atoms with Crippen molar-refractivity contribution >= 4 is 0 Å². The van der Waals surface area contributed by atoms with E-state index < -0.39 is 0 Å². The average molecular weight is 272 g/mol. The van der Waals surface area contributed by atoms with Gasteiger partial charge >= 0.3 is 0 Å². The van der Waals surface area contributed by atoms with Gasteiger partial charge in [-0.2, -0.15) is 0 Å². The zero-order chi connectivity index (χ0) is 14.2. The maximum Gasteiger partial charge on any atom is 0.120 e. The molecule has 4 nitrogen and oxygen atoms in total. The Balaban J connectivity index is 2.02. The van der Waals surface area contributed by atoms with Crippen molar-refractivity contribution in [1.82, 2.24) is 5.43 Å². The molecule has 0 radical (unpaired) electrons. The van der Waals surface area contributed by atoms with Crippen molar-refractivity contribution in [1.29, 1.82) is 0 Å². The van der Waals surface area contributed by atoms with Crippen LogP contribution in [0.1, 0.15) is 17.2 Å². The van der Waals surface area contributed by atoms with E-state index in [1.54, 1.807) is 7.11 Å². The van der Waals surface area contributed by atoms with Gasteiger partial charge in [0.15, 0.2) is 0 Å². The van der Waals surface area contributed by atoms with Crippen molar-refractivity contribution in [3.63, 3.8) is 0 Å². The quantitative estimate of drug-likeness (QED) is 0.600. The summed E-state index contributed by atoms with van der Waals surface area (Å²) in [5.74, 6) is 6.36. The van der Waals surface area contributed by atoms with Gasteiger partial charge < -0.3 is 9.47 Å². The van der Waals surface area contributed by atoms with Crippen molar-refractivity contribution in [2.75, 3.05) is 13.7 Å². The van der Waals surface area contributed by atoms with Gasteiger partial charge in [-0.3, -0.25) is 11.3 Å². The minimum atomic E-state index is -0.0414. The predicted molar refractivity (Wildman–Crippen MR) is 79.2 cm³/mol. The summed E-state index contributed by atoms with van der Waals surface area (Å²) in [4.78, 5) is 0. The van der Waals surface area contributed by atoms with E-state index in [4.69, 9.17) is 15.3 Å². The molecule has 2 aromatic rings. The molecule has 4 heteroatoms. The molecule has 106 valence electrons. The fraction of sp³-hybridized carbons (Fsp3) is 0.250. The molecule has 0 aromatic heterocycles. The third kappa shape index (κ3) is 4.06. The van der Waals surface area contributed by atoms with Gasteiger partial charge in [-0.1, -0.05) is 42.5 Å². The Morgan fingerprint density at radius 2 is 1.90 bits per heavy atom. The maximum absolute atomic E-state index is 5.80. The SMILES string of the molecule is COCC(NN)c1cccc(OCc2ccccc2)c1. The lowest BCUT2D eigenvalue weighted by atomic mass is 10.1. The van der Waals surface area contributed by atoms with Crippen molar-refractivity contribution in [3.05, 3.63) is 65.7 Å². The summed E-state index contributed by atoms with van der Waals surface area (Å²) in [6.07, 6.45) is 0. The monoisotopic (exact) mass is 272 g/mol. The topological polar surface area (TPSA) is 56.5 Å². The van der Waals surface area contributed by atoms with E-state index in [-0.39, 0.29) is 6.04 Å². The molecule has 0 saturated carbocycles. The van der Waals surface area contributed by atoms with E-state index in [9.17, 15) is 0 Å². The molecule has 0 aliphatic heterocycles. The van der Waals surface area contributed by atoms with Crippen LogP contribution in [0.2, 0.25) is 0 Å². The molecule has 1 atom stereocenters. The number of benzene rings is 2. The largest absolute Gasteiger partial charge is 0.489 e. The van der Waals surface area contributed by atoms with Crippen LogP contribution in [0.4, 0.5) is 0 Å². The van der Waals surface area contributed by atoms with Crippen LogP contribution in [0.25, 0.3) is 0 Å². The van der Waals surface area contributed by atoms with Crippen LogP contribution in [0.3, 0.4) is 0 Å². The number of hydrogen-bond acceptors (Lipinski definition) is 4. The van der Waals surface area contributed by atoms with E-state index in [1.807, 2.05) is 54.6 Å². The Kier molecular flexibility index (Phi) is 5.55. The van der Waals surface area contributed by atoms with Crippen LogP contribution in [-0.2, 0) is 11.3 Å². The Morgan fingerprint density at radius 1 is 1.10 bits per heavy atom. The lowest BCUT2D eigenvalue weighted by Gasteiger charge is -2.16. The van der Waals surface area contributed by atoms with E-state index in [0.29, 0.717) is 13.2 Å². The van der Waals surface area contributed by atoms with Crippen molar-refractivity contribution < 1.29 is 9.47 Å². The third-order valence-electron chi connectivity index (χ3n) is 3.04. The molecule has 0 amide bonds. The van der Waals surface area contributed by atoms with E-state index >= 15 is 0 Å². The smallest absolute Gasteiger partial charge is 0.120 e. The Morgan fingerprint density at radius 3 is 2.60 bits per heavy atom. The summed E-state index contributed by atoms with van der Waals surface area (Å²) in [6.45, 7) is 1.06. The van der Waals surface area contributed by atoms with Crippen LogP contribution >= 0.6 is 0 Å². The molecule has 2 aromatic carbocycles. The van der Waals surface area contributed by atoms with Gasteiger partial charge in [0.2, 0.25) is 0 Å². The fourth-order valence-electron chi connectivity index (χ4n) is 1.97. The van der Waals surface area contributed by atoms with Gasteiger partial charge in [-0.25, -0.2) is 0 Å². The minimum Gasteiger partial charge on any atom is -0.489 e. The van der Waals surface area contributed by atoms with Gasteiger partial charge in [-0.05, 0) is 23.3 Å². The molecule has 0 saturated heterocycles. The van der Waals surface area contributed by atoms with Gasteiger partial charge in [0, 0.05) is 7.11 Å². The first-order chi connectivity index (χ1) is 9.83. The summed E-state index contributed by atoms with van der Waals surface area (Å²) in [6, 6.07) is 17.9. The van der Waals surface area contributed by atoms with Crippen LogP contribution in [0.15, 0.2) is 54.6 Å². The predicted octanol–water partition coefficient (Wildman–Crippen LogP) is 2.42. The lowest BCUT2D eigenvalue weighted by molar-refractivity contribution is 0.167. The first-order valence-electron chi connectivity index (χ1n) is 6.55. The zero-order valence-corrected chi connectivity index (χ0v) is 11.6. The summed E-state index contributed by atoms with van der Waals surface area (Å²) in [5, 5.41) is 0. The molecule has 1 unspecified atom stereocenters. The second-order valence-electron chi connectivity index (χ2n) is 4.52. The number of ether oxygens (including phenoxy) is 2. The number of nitrogens with two attached hydrogens (primary N) is 1. The molecule has 0 spiro atoms. The second kappa shape index (κ2) is 7.65. The van der Waals surface area contributed by atoms with Gasteiger partial charge in [0.1, 0.15) is 12.4 Å². The second-order valence-corrected chi connectivity index (χ2v) is 4.52. The molecule has 2 rings (SSSR count). The first-order valence-corrected chi connectivity index (χ1v) is 6.55. The molecule has 0 bridgehead atoms. The standard InChI is InChI=1S/C16H20N2O2/c1-19-12-16(18-17)14-8-5-9-15(10-14)20-11-13-6-3-2-4-7-13/h2-10,16,18H,11-12,17H2,1H3. The van der Waals surface area contributed by atoms with Crippen molar-refractivity contribution in [2.24, 2.45) is 5.84 Å². The summed E-state index contributed by atoms with van der Waals surface area (Å²) in [7, 11) is 1.65. The molecule has 0 fully saturated rings. The van der Waals surface area contributed by atoms with Gasteiger partial charge in [0.25, 0.3) is 0 Å². The van der Waals surface area contributed by atoms with E-state index in [1.165, 1.54) is 0 Å². The number of rotatable bonds is 7. The highest BCUT2D eigenvalue weighted by molar-refractivity contribution is 5.31. The van der Waals surface area contributed by atoms with Crippen LogP contribution < -0.4 is 16.0 Å². The zero-order valence-electron chi connectivity index (χ0n) is 11.6. The Labute approximate surface area is 119 Å². The number of nitrogens with one attached hydrogen (secondary N) is 1. The highest BCUT2D eigenvalue weighted by Crippen LogP contribution is 2.20. The number of hydrogen-bond donors (Lipinski definition) is 2. The lowest BCUT2D eigenvalue weighted by Crippen LogP contribution is -2.31. The number of methoxy groups -OCH3 is 1. The van der Waals surface area contributed by atoms with Crippen LogP contribution in [0.5, 0.6) is 5.75 Å². The molecule has 0 aliphatic rings. The highest BCUT2D eigenvalue weighted by atomic mass is 16.5. The van der Waals surface area contributed by atoms with Crippen molar-refractivity contribution in [2.45, 2.75) is 12.6 Å². The third-order valence-corrected chi connectivity index (χ3v) is 3.04. The fourth-order valence-corrected chi connectivity index (χ4v) is 1.97. The summed E-state index contributed by atoms with van der Waals surface area (Å²) in [5.41, 5.74) is 4.92. The van der Waals surface area contributed by atoms with Crippen molar-refractivity contribution in [3.8, 4) is 5.75 Å². The molecule has 20 heavy (non-hydrogen) atoms. The van der Waals surface area contributed by atoms with Gasteiger partial charge in [0.05, 0.1) is 12.6 Å². The summed E-state index contributed by atoms with van der Waals surface area (Å²) < 4.78 is 10.9. The van der Waals surface area contributed by atoms with Gasteiger partial charge in [-0.15, -0.1) is 0 Å². The average Bonchev–Trinajstić information content (AvgIpc) is 2.52. The molecule has 0 aliphatic carbocycles. The molecule has 3 N–H and O–H groups in total. The Bertz CT molecular complexity index is 517. The highest BCUT2D eigenvalue weighted by Gasteiger charge is 2.09. The van der Waals surface area contributed by atoms with Crippen LogP contribution in [0, 0.1) is 0 Å². The Hall–Kier alpha value is -1.88. The molecule has 0 heterocycles. The molecular weight excluding hydrogens is 252 g/mol. The van der Waals surface area contributed by atoms with E-state index in [2.05, 4.69) is 5.43 Å². The minimum absolute atomic E-state index is 0.0414. The molecular formula is C16H20N2O2. The normalized spacial score (nSPS) is 12.1. The van der Waals surface area contributed by atoms with Crippen LogP contribution in [-0.4, -0.2) is 13.7 Å². The summed E-state index contributed by atoms with van der Waals surface area (Å²) >= 11 is 0.